The maximum atomic E-state index is 14.4. The molecule has 0 aliphatic rings. The van der Waals surface area contributed by atoms with Crippen molar-refractivity contribution in [1.29, 1.82) is 0 Å². The van der Waals surface area contributed by atoms with Crippen LogP contribution in [0.3, 0.4) is 0 Å². The number of nitrogens with one attached hydrogen (secondary N) is 1. The van der Waals surface area contributed by atoms with E-state index in [-0.39, 0.29) is 12.3 Å². The van der Waals surface area contributed by atoms with Crippen LogP contribution in [0.25, 0.3) is 0 Å². The molecule has 0 aromatic carbocycles. The topological polar surface area (TPSA) is 69.6 Å². The lowest BCUT2D eigenvalue weighted by atomic mass is 10.00. The maximum absolute atomic E-state index is 14.4. The van der Waals surface area contributed by atoms with Crippen molar-refractivity contribution in [2.75, 3.05) is 6.61 Å². The van der Waals surface area contributed by atoms with Crippen LogP contribution in [0, 0.1) is 0 Å². The first-order chi connectivity index (χ1) is 15.1. The fraction of sp³-hybridized carbons (Fsp3) is 0.962. The first-order valence-electron chi connectivity index (χ1n) is 13.3. The molecule has 0 unspecified atom stereocenters. The van der Waals surface area contributed by atoms with E-state index in [1.165, 1.54) is 64.2 Å². The molecule has 0 aromatic heterocycles. The third-order valence-corrected chi connectivity index (χ3v) is 6.17. The molecule has 0 radical (unpaired) electrons. The molecule has 1 amide bonds. The number of amides is 1. The Balaban J connectivity index is 3.76. The Bertz CT molecular complexity index is 395. The Morgan fingerprint density at radius 2 is 1.16 bits per heavy atom. The van der Waals surface area contributed by atoms with Crippen LogP contribution >= 0.6 is 0 Å². The van der Waals surface area contributed by atoms with Gasteiger partial charge >= 0.3 is 0 Å². The Labute approximate surface area is 191 Å². The number of unbranched alkanes of at least 4 members (excludes halogenated alkanes) is 15. The van der Waals surface area contributed by atoms with Gasteiger partial charge in [-0.05, 0) is 12.8 Å². The lowest BCUT2D eigenvalue weighted by Gasteiger charge is -2.25. The molecular formula is C26H52FNO3. The largest absolute Gasteiger partial charge is 0.394 e. The minimum atomic E-state index is -1.41. The zero-order chi connectivity index (χ0) is 23.2. The van der Waals surface area contributed by atoms with Gasteiger partial charge in [-0.1, -0.05) is 117 Å². The molecule has 0 saturated heterocycles. The number of aliphatic hydroxyl groups excluding tert-OH is 2. The molecule has 0 aliphatic heterocycles. The number of alkyl halides is 1. The molecule has 5 heteroatoms. The molecule has 0 aliphatic carbocycles. The summed E-state index contributed by atoms with van der Waals surface area (Å²) >= 11 is 0. The van der Waals surface area contributed by atoms with Crippen molar-refractivity contribution in [2.24, 2.45) is 0 Å². The van der Waals surface area contributed by atoms with Gasteiger partial charge in [0.1, 0.15) is 12.3 Å². The van der Waals surface area contributed by atoms with Crippen molar-refractivity contribution in [1.82, 2.24) is 5.32 Å². The minimum Gasteiger partial charge on any atom is -0.394 e. The number of hydrogen-bond donors (Lipinski definition) is 3. The molecular weight excluding hydrogens is 393 g/mol. The summed E-state index contributed by atoms with van der Waals surface area (Å²) in [6, 6.07) is -0.921. The Morgan fingerprint density at radius 1 is 0.742 bits per heavy atom. The smallest absolute Gasteiger partial charge is 0.220 e. The fourth-order valence-corrected chi connectivity index (χ4v) is 4.01. The highest BCUT2D eigenvalue weighted by molar-refractivity contribution is 5.76. The fourth-order valence-electron chi connectivity index (χ4n) is 4.01. The molecule has 3 N–H and O–H groups in total. The molecule has 0 rings (SSSR count). The van der Waals surface area contributed by atoms with Crippen molar-refractivity contribution in [2.45, 2.75) is 154 Å². The zero-order valence-electron chi connectivity index (χ0n) is 20.6. The van der Waals surface area contributed by atoms with Gasteiger partial charge in [-0.15, -0.1) is 0 Å². The summed E-state index contributed by atoms with van der Waals surface area (Å²) in [6.07, 6.45) is 17.7. The maximum Gasteiger partial charge on any atom is 0.220 e. The first-order valence-corrected chi connectivity index (χ1v) is 13.3. The quantitative estimate of drug-likeness (QED) is 0.155. The number of hydrogen-bond acceptors (Lipinski definition) is 3. The van der Waals surface area contributed by atoms with Gasteiger partial charge in [0.15, 0.2) is 0 Å². The molecule has 0 bridgehead atoms. The van der Waals surface area contributed by atoms with E-state index in [1.54, 1.807) is 0 Å². The van der Waals surface area contributed by atoms with Gasteiger partial charge in [0.05, 0.1) is 12.6 Å². The Kier molecular flexibility index (Phi) is 22.0. The summed E-state index contributed by atoms with van der Waals surface area (Å²) < 4.78 is 14.4. The highest BCUT2D eigenvalue weighted by Gasteiger charge is 2.28. The van der Waals surface area contributed by atoms with Gasteiger partial charge in [0, 0.05) is 6.42 Å². The summed E-state index contributed by atoms with van der Waals surface area (Å²) in [4.78, 5) is 12.0. The van der Waals surface area contributed by atoms with Crippen LogP contribution in [0.5, 0.6) is 0 Å². The van der Waals surface area contributed by atoms with Crippen LogP contribution in [0.15, 0.2) is 0 Å². The lowest BCUT2D eigenvalue weighted by Crippen LogP contribution is -2.49. The predicted octanol–water partition coefficient (Wildman–Crippen LogP) is 6.61. The van der Waals surface area contributed by atoms with Crippen molar-refractivity contribution in [3.8, 4) is 0 Å². The predicted molar refractivity (Wildman–Crippen MR) is 129 cm³/mol. The first kappa shape index (κ1) is 30.3. The second-order valence-electron chi connectivity index (χ2n) is 9.21. The van der Waals surface area contributed by atoms with Crippen LogP contribution in [0.1, 0.15) is 136 Å². The van der Waals surface area contributed by atoms with Crippen LogP contribution < -0.4 is 5.32 Å². The summed E-state index contributed by atoms with van der Waals surface area (Å²) in [6.45, 7) is 3.94. The van der Waals surface area contributed by atoms with E-state index in [9.17, 15) is 19.4 Å². The van der Waals surface area contributed by atoms with Crippen LogP contribution in [-0.2, 0) is 4.79 Å². The SMILES string of the molecule is CCCCCCCCCCCCCC[C@@H](F)[C@H](O)[C@@H](CO)NC(=O)CCCCCCC. The standard InChI is InChI=1S/C26H52FNO3/c1-3-5-7-9-10-11-12-13-14-15-17-18-20-23(27)26(31)24(22-29)28-25(30)21-19-16-8-6-4-2/h23-24,26,29,31H,3-22H2,1-2H3,(H,28,30)/t23-,24-,26+/m1/s1. The minimum absolute atomic E-state index is 0.216. The summed E-state index contributed by atoms with van der Waals surface area (Å²) in [5.74, 6) is -0.216. The van der Waals surface area contributed by atoms with E-state index in [0.717, 1.165) is 44.9 Å². The van der Waals surface area contributed by atoms with Crippen molar-refractivity contribution < 1.29 is 19.4 Å². The molecule has 3 atom stereocenters. The average molecular weight is 446 g/mol. The Morgan fingerprint density at radius 3 is 1.61 bits per heavy atom. The molecule has 0 aromatic rings. The van der Waals surface area contributed by atoms with Gasteiger partial charge < -0.3 is 15.5 Å². The average Bonchev–Trinajstić information content (AvgIpc) is 2.77. The van der Waals surface area contributed by atoms with E-state index in [0.29, 0.717) is 6.42 Å². The number of aliphatic hydroxyl groups is 2. The van der Waals surface area contributed by atoms with Gasteiger partial charge in [-0.3, -0.25) is 4.79 Å². The van der Waals surface area contributed by atoms with Crippen LogP contribution in [-0.4, -0.2) is 41.0 Å². The van der Waals surface area contributed by atoms with Crippen molar-refractivity contribution in [3.05, 3.63) is 0 Å². The van der Waals surface area contributed by atoms with E-state index < -0.39 is 24.9 Å². The molecule has 0 fully saturated rings. The number of carbonyl (C=O) groups excluding carboxylic acids is 1. The van der Waals surface area contributed by atoms with Crippen molar-refractivity contribution >= 4 is 5.91 Å². The monoisotopic (exact) mass is 445 g/mol. The van der Waals surface area contributed by atoms with Crippen molar-refractivity contribution in [3.63, 3.8) is 0 Å². The highest BCUT2D eigenvalue weighted by Crippen LogP contribution is 2.16. The number of rotatable bonds is 23. The second kappa shape index (κ2) is 22.5. The second-order valence-corrected chi connectivity index (χ2v) is 9.21. The van der Waals surface area contributed by atoms with E-state index >= 15 is 0 Å². The molecule has 0 saturated carbocycles. The normalized spacial score (nSPS) is 14.4. The number of carbonyl (C=O) groups is 1. The van der Waals surface area contributed by atoms with E-state index in [4.69, 9.17) is 0 Å². The summed E-state index contributed by atoms with van der Waals surface area (Å²) in [5, 5.41) is 22.3. The van der Waals surface area contributed by atoms with E-state index in [1.807, 2.05) is 0 Å². The molecule has 4 nitrogen and oxygen atoms in total. The van der Waals surface area contributed by atoms with Gasteiger partial charge in [-0.25, -0.2) is 4.39 Å². The highest BCUT2D eigenvalue weighted by atomic mass is 19.1. The Hall–Kier alpha value is -0.680. The van der Waals surface area contributed by atoms with Crippen LogP contribution in [0.4, 0.5) is 4.39 Å². The molecule has 186 valence electrons. The lowest BCUT2D eigenvalue weighted by molar-refractivity contribution is -0.123. The van der Waals surface area contributed by atoms with Gasteiger partial charge in [0.25, 0.3) is 0 Å². The van der Waals surface area contributed by atoms with Crippen LogP contribution in [0.2, 0.25) is 0 Å². The molecule has 31 heavy (non-hydrogen) atoms. The van der Waals surface area contributed by atoms with Gasteiger partial charge in [0.2, 0.25) is 5.91 Å². The zero-order valence-corrected chi connectivity index (χ0v) is 20.6. The molecule has 0 heterocycles. The number of halogens is 1. The molecule has 0 spiro atoms. The van der Waals surface area contributed by atoms with E-state index in [2.05, 4.69) is 19.2 Å². The third-order valence-electron chi connectivity index (χ3n) is 6.17. The third kappa shape index (κ3) is 18.6. The summed E-state index contributed by atoms with van der Waals surface area (Å²) in [7, 11) is 0. The van der Waals surface area contributed by atoms with Gasteiger partial charge in [-0.2, -0.15) is 0 Å². The summed E-state index contributed by atoms with van der Waals surface area (Å²) in [5.41, 5.74) is 0.